The molecule has 2 aromatic carbocycles. The molecule has 0 bridgehead atoms. The number of hydrogen-bond acceptors (Lipinski definition) is 3. The highest BCUT2D eigenvalue weighted by molar-refractivity contribution is 5.94. The van der Waals surface area contributed by atoms with E-state index in [1.165, 1.54) is 17.5 Å². The number of carbonyl (C=O) groups is 2. The zero-order valence-electron chi connectivity index (χ0n) is 14.6. The van der Waals surface area contributed by atoms with Crippen LogP contribution in [0.25, 0.3) is 0 Å². The van der Waals surface area contributed by atoms with E-state index in [0.29, 0.717) is 11.4 Å². The van der Waals surface area contributed by atoms with E-state index in [0.717, 1.165) is 31.4 Å². The fourth-order valence-corrected chi connectivity index (χ4v) is 3.25. The van der Waals surface area contributed by atoms with Gasteiger partial charge in [0, 0.05) is 23.4 Å². The average molecular weight is 350 g/mol. The van der Waals surface area contributed by atoms with Gasteiger partial charge in [-0.05, 0) is 67.5 Å². The molecule has 4 rings (SSSR count). The van der Waals surface area contributed by atoms with Crippen LogP contribution in [0, 0.1) is 5.92 Å². The molecular weight excluding hydrogens is 328 g/mol. The smallest absolute Gasteiger partial charge is 0.262 e. The van der Waals surface area contributed by atoms with Crippen LogP contribution in [0.1, 0.15) is 30.4 Å². The van der Waals surface area contributed by atoms with Crippen molar-refractivity contribution >= 4 is 23.2 Å². The average Bonchev–Trinajstić information content (AvgIpc) is 3.39. The Balaban J connectivity index is 1.30. The molecule has 1 fully saturated rings. The third kappa shape index (κ3) is 4.04. The molecule has 0 saturated heterocycles. The van der Waals surface area contributed by atoms with E-state index >= 15 is 0 Å². The van der Waals surface area contributed by atoms with Crippen LogP contribution in [0.15, 0.2) is 42.5 Å². The zero-order valence-corrected chi connectivity index (χ0v) is 14.6. The maximum atomic E-state index is 12.1. The van der Waals surface area contributed by atoms with Gasteiger partial charge < -0.3 is 15.4 Å². The summed E-state index contributed by atoms with van der Waals surface area (Å²) in [6, 6.07) is 13.2. The Kier molecular flexibility index (Phi) is 4.61. The number of rotatable bonds is 6. The van der Waals surface area contributed by atoms with Gasteiger partial charge in [0.15, 0.2) is 6.61 Å². The molecule has 26 heavy (non-hydrogen) atoms. The number of nitrogens with one attached hydrogen (secondary N) is 2. The molecule has 0 unspecified atom stereocenters. The van der Waals surface area contributed by atoms with Crippen molar-refractivity contribution in [2.45, 2.75) is 32.1 Å². The fraction of sp³-hybridized carbons (Fsp3) is 0.333. The molecule has 0 aromatic heterocycles. The van der Waals surface area contributed by atoms with Crippen molar-refractivity contribution in [1.29, 1.82) is 0 Å². The summed E-state index contributed by atoms with van der Waals surface area (Å²) in [6.45, 7) is -0.0723. The van der Waals surface area contributed by atoms with Crippen LogP contribution in [-0.4, -0.2) is 18.4 Å². The molecule has 2 aromatic rings. The molecule has 0 radical (unpaired) electrons. The second-order valence-corrected chi connectivity index (χ2v) is 6.97. The van der Waals surface area contributed by atoms with Gasteiger partial charge in [0.05, 0.1) is 0 Å². The molecule has 2 aliphatic rings. The van der Waals surface area contributed by atoms with E-state index in [9.17, 15) is 9.59 Å². The summed E-state index contributed by atoms with van der Waals surface area (Å²) in [7, 11) is 0. The molecule has 5 nitrogen and oxygen atoms in total. The Morgan fingerprint density at radius 2 is 1.77 bits per heavy atom. The van der Waals surface area contributed by atoms with Crippen molar-refractivity contribution in [3.05, 3.63) is 53.6 Å². The number of ether oxygens (including phenoxy) is 1. The molecular formula is C21H22N2O3. The van der Waals surface area contributed by atoms with Crippen LogP contribution in [0.3, 0.4) is 0 Å². The summed E-state index contributed by atoms with van der Waals surface area (Å²) in [4.78, 5) is 24.0. The number of anilines is 2. The Morgan fingerprint density at radius 1 is 0.962 bits per heavy atom. The second kappa shape index (κ2) is 7.20. The highest BCUT2D eigenvalue weighted by atomic mass is 16.5. The van der Waals surface area contributed by atoms with Crippen molar-refractivity contribution in [1.82, 2.24) is 0 Å². The summed E-state index contributed by atoms with van der Waals surface area (Å²) in [5.41, 5.74) is 4.20. The predicted octanol–water partition coefficient (Wildman–Crippen LogP) is 3.54. The lowest BCUT2D eigenvalue weighted by Gasteiger charge is -2.10. The first-order valence-corrected chi connectivity index (χ1v) is 9.13. The first-order chi connectivity index (χ1) is 12.7. The van der Waals surface area contributed by atoms with Gasteiger partial charge in [-0.3, -0.25) is 9.59 Å². The first-order valence-electron chi connectivity index (χ1n) is 9.13. The van der Waals surface area contributed by atoms with Gasteiger partial charge in [-0.2, -0.15) is 0 Å². The molecule has 2 amide bonds. The van der Waals surface area contributed by atoms with Gasteiger partial charge in [0.2, 0.25) is 5.91 Å². The second-order valence-electron chi connectivity index (χ2n) is 6.97. The van der Waals surface area contributed by atoms with Gasteiger partial charge in [0.25, 0.3) is 5.91 Å². The molecule has 134 valence electrons. The molecule has 0 spiro atoms. The highest BCUT2D eigenvalue weighted by Crippen LogP contribution is 2.30. The van der Waals surface area contributed by atoms with Crippen LogP contribution in [0.4, 0.5) is 11.4 Å². The third-order valence-corrected chi connectivity index (χ3v) is 4.80. The zero-order chi connectivity index (χ0) is 17.9. The third-order valence-electron chi connectivity index (χ3n) is 4.80. The number of carbonyl (C=O) groups excluding carboxylic acids is 2. The summed E-state index contributed by atoms with van der Waals surface area (Å²) in [6.07, 6.45) is 5.31. The van der Waals surface area contributed by atoms with Gasteiger partial charge in [-0.1, -0.05) is 12.1 Å². The van der Waals surface area contributed by atoms with E-state index < -0.39 is 0 Å². The molecule has 0 aliphatic heterocycles. The van der Waals surface area contributed by atoms with Crippen LogP contribution in [0.5, 0.6) is 5.75 Å². The van der Waals surface area contributed by atoms with Crippen molar-refractivity contribution in [3.63, 3.8) is 0 Å². The van der Waals surface area contributed by atoms with E-state index in [2.05, 4.69) is 16.7 Å². The summed E-state index contributed by atoms with van der Waals surface area (Å²) >= 11 is 0. The minimum atomic E-state index is -0.199. The quantitative estimate of drug-likeness (QED) is 0.837. The largest absolute Gasteiger partial charge is 0.484 e. The van der Waals surface area contributed by atoms with Crippen LogP contribution >= 0.6 is 0 Å². The minimum Gasteiger partial charge on any atom is -0.484 e. The van der Waals surface area contributed by atoms with Gasteiger partial charge in [0.1, 0.15) is 5.75 Å². The Morgan fingerprint density at radius 3 is 2.62 bits per heavy atom. The summed E-state index contributed by atoms with van der Waals surface area (Å²) in [5.74, 6) is 0.562. The van der Waals surface area contributed by atoms with Crippen molar-refractivity contribution < 1.29 is 14.3 Å². The summed E-state index contributed by atoms with van der Waals surface area (Å²) < 4.78 is 5.57. The Bertz CT molecular complexity index is 843. The topological polar surface area (TPSA) is 67.4 Å². The molecule has 2 aliphatic carbocycles. The standard InChI is InChI=1S/C21H22N2O3/c24-20(22-18-10-9-14-3-1-4-16(14)11-18)13-26-19-6-2-5-17(12-19)23-21(25)15-7-8-15/h2,5-6,9-12,15H,1,3-4,7-8,13H2,(H,22,24)(H,23,25). The highest BCUT2D eigenvalue weighted by Gasteiger charge is 2.29. The van der Waals surface area contributed by atoms with Crippen LogP contribution in [0.2, 0.25) is 0 Å². The molecule has 1 saturated carbocycles. The maximum absolute atomic E-state index is 12.1. The van der Waals surface area contributed by atoms with Crippen molar-refractivity contribution in [2.75, 3.05) is 17.2 Å². The number of aryl methyl sites for hydroxylation is 2. The van der Waals surface area contributed by atoms with E-state index in [4.69, 9.17) is 4.74 Å². The van der Waals surface area contributed by atoms with Gasteiger partial charge in [-0.25, -0.2) is 0 Å². The summed E-state index contributed by atoms with van der Waals surface area (Å²) in [5, 5.41) is 5.75. The minimum absolute atomic E-state index is 0.0523. The van der Waals surface area contributed by atoms with Crippen molar-refractivity contribution in [3.8, 4) is 5.75 Å². The number of hydrogen-bond donors (Lipinski definition) is 2. The Labute approximate surface area is 152 Å². The maximum Gasteiger partial charge on any atom is 0.262 e. The number of amides is 2. The molecule has 0 heterocycles. The fourth-order valence-electron chi connectivity index (χ4n) is 3.25. The normalized spacial score (nSPS) is 15.2. The lowest BCUT2D eigenvalue weighted by atomic mass is 10.1. The lowest BCUT2D eigenvalue weighted by molar-refractivity contribution is -0.118. The van der Waals surface area contributed by atoms with Crippen molar-refractivity contribution in [2.24, 2.45) is 5.92 Å². The van der Waals surface area contributed by atoms with Crippen LogP contribution in [-0.2, 0) is 22.4 Å². The molecule has 0 atom stereocenters. The van der Waals surface area contributed by atoms with Crippen LogP contribution < -0.4 is 15.4 Å². The monoisotopic (exact) mass is 350 g/mol. The molecule has 2 N–H and O–H groups in total. The number of fused-ring (bicyclic) bond motifs is 1. The SMILES string of the molecule is O=C(COc1cccc(NC(=O)C2CC2)c1)Nc1ccc2c(c1)CCC2. The first kappa shape index (κ1) is 16.6. The van der Waals surface area contributed by atoms with Gasteiger partial charge in [-0.15, -0.1) is 0 Å². The van der Waals surface area contributed by atoms with E-state index in [1.807, 2.05) is 18.2 Å². The van der Waals surface area contributed by atoms with Gasteiger partial charge >= 0.3 is 0 Å². The van der Waals surface area contributed by atoms with E-state index in [1.54, 1.807) is 18.2 Å². The predicted molar refractivity (Wildman–Crippen MR) is 100 cm³/mol. The lowest BCUT2D eigenvalue weighted by Crippen LogP contribution is -2.20. The van der Waals surface area contributed by atoms with E-state index in [-0.39, 0.29) is 24.3 Å². The Hall–Kier alpha value is -2.82. The molecule has 5 heteroatoms. The number of benzene rings is 2.